The van der Waals surface area contributed by atoms with Crippen LogP contribution in [0.25, 0.3) is 0 Å². The van der Waals surface area contributed by atoms with Gasteiger partial charge in [-0.1, -0.05) is 6.42 Å². The normalized spacial score (nSPS) is 27.0. The largest absolute Gasteiger partial charge is 0.497 e. The fourth-order valence-electron chi connectivity index (χ4n) is 4.27. The van der Waals surface area contributed by atoms with Gasteiger partial charge in [0.2, 0.25) is 5.91 Å². The van der Waals surface area contributed by atoms with Crippen LogP contribution in [-0.2, 0) is 4.79 Å². The average molecular weight is 382 g/mol. The molecule has 2 fully saturated rings. The van der Waals surface area contributed by atoms with E-state index in [0.29, 0.717) is 23.1 Å². The van der Waals surface area contributed by atoms with Crippen molar-refractivity contribution in [1.29, 1.82) is 0 Å². The van der Waals surface area contributed by atoms with Crippen LogP contribution < -0.4 is 21.1 Å². The summed E-state index contributed by atoms with van der Waals surface area (Å²) in [7, 11) is 1.58. The van der Waals surface area contributed by atoms with Crippen molar-refractivity contribution in [3.05, 3.63) is 29.8 Å². The second-order valence-corrected chi connectivity index (χ2v) is 7.19. The number of ether oxygens (including phenoxy) is 1. The molecule has 0 aliphatic heterocycles. The molecule has 2 bridgehead atoms. The molecule has 0 saturated heterocycles. The number of methoxy groups -OCH3 is 1. The van der Waals surface area contributed by atoms with Gasteiger partial charge in [0.05, 0.1) is 13.7 Å². The molecule has 7 heteroatoms. The Morgan fingerprint density at radius 2 is 1.77 bits per heavy atom. The molecular formula is C19H28ClN3O3. The molecule has 4 N–H and O–H groups in total. The Balaban J connectivity index is 0.00000243. The summed E-state index contributed by atoms with van der Waals surface area (Å²) in [5.74, 6) is 1.26. The van der Waals surface area contributed by atoms with E-state index in [4.69, 9.17) is 10.5 Å². The zero-order valence-electron chi connectivity index (χ0n) is 15.1. The van der Waals surface area contributed by atoms with Crippen molar-refractivity contribution in [1.82, 2.24) is 10.6 Å². The highest BCUT2D eigenvalue weighted by Gasteiger charge is 2.39. The molecule has 6 nitrogen and oxygen atoms in total. The molecule has 2 amide bonds. The predicted octanol–water partition coefficient (Wildman–Crippen LogP) is 1.87. The molecule has 144 valence electrons. The molecule has 3 rings (SSSR count). The number of hydrogen-bond acceptors (Lipinski definition) is 4. The quantitative estimate of drug-likeness (QED) is 0.725. The van der Waals surface area contributed by atoms with Crippen LogP contribution in [-0.4, -0.2) is 37.6 Å². The molecule has 2 atom stereocenters. The second kappa shape index (κ2) is 9.24. The molecule has 0 radical (unpaired) electrons. The molecule has 2 aliphatic rings. The molecule has 2 saturated carbocycles. The fourth-order valence-corrected chi connectivity index (χ4v) is 4.27. The predicted molar refractivity (Wildman–Crippen MR) is 103 cm³/mol. The SMILES string of the molecule is COc1ccc(C(=O)NCC(=O)NC2C3CCCC2CC(N)C3)cc1.Cl. The maximum Gasteiger partial charge on any atom is 0.251 e. The number of carbonyl (C=O) groups excluding carboxylic acids is 2. The lowest BCUT2D eigenvalue weighted by molar-refractivity contribution is -0.122. The monoisotopic (exact) mass is 381 g/mol. The maximum absolute atomic E-state index is 12.3. The van der Waals surface area contributed by atoms with Gasteiger partial charge in [0.15, 0.2) is 0 Å². The maximum atomic E-state index is 12.3. The minimum Gasteiger partial charge on any atom is -0.497 e. The van der Waals surface area contributed by atoms with Crippen LogP contribution in [0.2, 0.25) is 0 Å². The molecule has 2 unspecified atom stereocenters. The number of carbonyl (C=O) groups is 2. The van der Waals surface area contributed by atoms with Crippen molar-refractivity contribution in [2.24, 2.45) is 17.6 Å². The van der Waals surface area contributed by atoms with Crippen molar-refractivity contribution in [3.63, 3.8) is 0 Å². The third kappa shape index (κ3) is 4.89. The average Bonchev–Trinajstić information content (AvgIpc) is 2.60. The molecule has 26 heavy (non-hydrogen) atoms. The molecule has 0 aromatic heterocycles. The number of hydrogen-bond donors (Lipinski definition) is 3. The van der Waals surface area contributed by atoms with Gasteiger partial charge in [-0.2, -0.15) is 0 Å². The van der Waals surface area contributed by atoms with Crippen molar-refractivity contribution >= 4 is 24.2 Å². The molecule has 1 aromatic carbocycles. The first-order valence-electron chi connectivity index (χ1n) is 9.04. The Morgan fingerprint density at radius 3 is 2.35 bits per heavy atom. The number of nitrogens with two attached hydrogens (primary N) is 1. The highest BCUT2D eigenvalue weighted by molar-refractivity contribution is 5.96. The van der Waals surface area contributed by atoms with Gasteiger partial charge >= 0.3 is 0 Å². The number of fused-ring (bicyclic) bond motifs is 2. The van der Waals surface area contributed by atoms with Crippen LogP contribution >= 0.6 is 12.4 Å². The lowest BCUT2D eigenvalue weighted by Crippen LogP contribution is -2.55. The first kappa shape index (κ1) is 20.5. The van der Waals surface area contributed by atoms with Crippen LogP contribution in [0.5, 0.6) is 5.75 Å². The molecule has 1 aromatic rings. The Hall–Kier alpha value is -1.79. The smallest absolute Gasteiger partial charge is 0.251 e. The first-order chi connectivity index (χ1) is 12.1. The van der Waals surface area contributed by atoms with Gasteiger partial charge < -0.3 is 21.1 Å². The summed E-state index contributed by atoms with van der Waals surface area (Å²) < 4.78 is 5.07. The number of benzene rings is 1. The van der Waals surface area contributed by atoms with Gasteiger partial charge in [0.25, 0.3) is 5.91 Å². The van der Waals surface area contributed by atoms with Crippen LogP contribution in [0, 0.1) is 11.8 Å². The summed E-state index contributed by atoms with van der Waals surface area (Å²) in [5, 5.41) is 5.82. The van der Waals surface area contributed by atoms with E-state index in [-0.39, 0.29) is 42.8 Å². The van der Waals surface area contributed by atoms with E-state index in [1.165, 1.54) is 6.42 Å². The van der Waals surface area contributed by atoms with Crippen LogP contribution in [0.1, 0.15) is 42.5 Å². The van der Waals surface area contributed by atoms with Gasteiger partial charge in [-0.3, -0.25) is 9.59 Å². The Morgan fingerprint density at radius 1 is 1.15 bits per heavy atom. The Kier molecular flexibility index (Phi) is 7.29. The van der Waals surface area contributed by atoms with E-state index >= 15 is 0 Å². The van der Waals surface area contributed by atoms with Crippen LogP contribution in [0.4, 0.5) is 0 Å². The van der Waals surface area contributed by atoms with Crippen molar-refractivity contribution in [3.8, 4) is 5.75 Å². The summed E-state index contributed by atoms with van der Waals surface area (Å²) >= 11 is 0. The Labute approximate surface area is 160 Å². The van der Waals surface area contributed by atoms with E-state index in [2.05, 4.69) is 10.6 Å². The van der Waals surface area contributed by atoms with Crippen LogP contribution in [0.15, 0.2) is 24.3 Å². The summed E-state index contributed by atoms with van der Waals surface area (Å²) in [6.45, 7) is -0.00709. The second-order valence-electron chi connectivity index (χ2n) is 7.19. The van der Waals surface area contributed by atoms with E-state index in [0.717, 1.165) is 25.7 Å². The summed E-state index contributed by atoms with van der Waals surface area (Å²) in [5.41, 5.74) is 6.63. The third-order valence-electron chi connectivity index (χ3n) is 5.47. The van der Waals surface area contributed by atoms with Gasteiger partial charge in [0, 0.05) is 17.6 Å². The number of nitrogens with one attached hydrogen (secondary N) is 2. The summed E-state index contributed by atoms with van der Waals surface area (Å²) in [4.78, 5) is 24.4. The first-order valence-corrected chi connectivity index (χ1v) is 9.04. The van der Waals surface area contributed by atoms with E-state index in [1.54, 1.807) is 31.4 Å². The fraction of sp³-hybridized carbons (Fsp3) is 0.579. The molecule has 0 heterocycles. The zero-order chi connectivity index (χ0) is 17.8. The summed E-state index contributed by atoms with van der Waals surface area (Å²) in [6.07, 6.45) is 5.46. The van der Waals surface area contributed by atoms with Crippen molar-refractivity contribution in [2.75, 3.05) is 13.7 Å². The van der Waals surface area contributed by atoms with Gasteiger partial charge in [-0.15, -0.1) is 12.4 Å². The number of amides is 2. The standard InChI is InChI=1S/C19H27N3O3.ClH/c1-25-16-7-5-12(6-8-16)19(24)21-11-17(23)22-18-13-3-2-4-14(18)10-15(20)9-13;/h5-8,13-15,18H,2-4,9-11,20H2,1H3,(H,21,24)(H,22,23);1H. The van der Waals surface area contributed by atoms with E-state index in [1.807, 2.05) is 0 Å². The summed E-state index contributed by atoms with van der Waals surface area (Å²) in [6, 6.07) is 7.28. The third-order valence-corrected chi connectivity index (χ3v) is 5.47. The number of rotatable bonds is 5. The lowest BCUT2D eigenvalue weighted by Gasteiger charge is -2.45. The van der Waals surface area contributed by atoms with E-state index < -0.39 is 0 Å². The highest BCUT2D eigenvalue weighted by Crippen LogP contribution is 2.39. The van der Waals surface area contributed by atoms with Gasteiger partial charge in [-0.25, -0.2) is 0 Å². The van der Waals surface area contributed by atoms with Gasteiger partial charge in [-0.05, 0) is 61.8 Å². The van der Waals surface area contributed by atoms with Crippen molar-refractivity contribution < 1.29 is 14.3 Å². The zero-order valence-corrected chi connectivity index (χ0v) is 15.9. The van der Waals surface area contributed by atoms with Crippen molar-refractivity contribution in [2.45, 2.75) is 44.2 Å². The van der Waals surface area contributed by atoms with E-state index in [9.17, 15) is 9.59 Å². The van der Waals surface area contributed by atoms with Gasteiger partial charge in [0.1, 0.15) is 5.75 Å². The molecule has 0 spiro atoms. The molecule has 2 aliphatic carbocycles. The molecular weight excluding hydrogens is 354 g/mol. The Bertz CT molecular complexity index is 609. The number of halogens is 1. The lowest BCUT2D eigenvalue weighted by atomic mass is 9.67. The minimum absolute atomic E-state index is 0. The minimum atomic E-state index is -0.260. The highest BCUT2D eigenvalue weighted by atomic mass is 35.5. The topological polar surface area (TPSA) is 93.4 Å². The van der Waals surface area contributed by atoms with Crippen LogP contribution in [0.3, 0.4) is 0 Å².